The zero-order valence-electron chi connectivity index (χ0n) is 14.7. The monoisotopic (exact) mass is 337 g/mol. The van der Waals surface area contributed by atoms with E-state index in [-0.39, 0.29) is 17.5 Å². The van der Waals surface area contributed by atoms with Gasteiger partial charge in [0.25, 0.3) is 11.5 Å². The fourth-order valence-electron chi connectivity index (χ4n) is 4.27. The molecule has 25 heavy (non-hydrogen) atoms. The zero-order valence-corrected chi connectivity index (χ0v) is 14.7. The number of rotatable bonds is 3. The lowest BCUT2D eigenvalue weighted by Crippen LogP contribution is -2.49. The molecule has 2 unspecified atom stereocenters. The lowest BCUT2D eigenvalue weighted by Gasteiger charge is -2.34. The predicted molar refractivity (Wildman–Crippen MR) is 96.6 cm³/mol. The molecule has 5 heteroatoms. The summed E-state index contributed by atoms with van der Waals surface area (Å²) in [6.07, 6.45) is 1.00. The summed E-state index contributed by atoms with van der Waals surface area (Å²) in [5.41, 5.74) is 2.88. The second-order valence-corrected chi connectivity index (χ2v) is 7.26. The molecule has 1 amide bonds. The number of aromatic nitrogens is 1. The summed E-state index contributed by atoms with van der Waals surface area (Å²) >= 11 is 0. The van der Waals surface area contributed by atoms with Crippen molar-refractivity contribution < 1.29 is 4.79 Å². The van der Waals surface area contributed by atoms with Crippen LogP contribution in [0.3, 0.4) is 0 Å². The number of aryl methyl sites for hydroxylation is 2. The first kappa shape index (κ1) is 16.1. The highest BCUT2D eigenvalue weighted by molar-refractivity contribution is 5.95. The zero-order chi connectivity index (χ0) is 17.6. The van der Waals surface area contributed by atoms with Crippen LogP contribution in [0.1, 0.15) is 33.6 Å². The second kappa shape index (κ2) is 6.15. The van der Waals surface area contributed by atoms with Gasteiger partial charge < -0.3 is 9.88 Å². The number of carbonyl (C=O) groups is 1. The minimum absolute atomic E-state index is 0.120. The summed E-state index contributed by atoms with van der Waals surface area (Å²) in [7, 11) is 0. The molecular weight excluding hydrogens is 314 g/mol. The Morgan fingerprint density at radius 3 is 2.56 bits per heavy atom. The van der Waals surface area contributed by atoms with Crippen molar-refractivity contribution in [2.75, 3.05) is 13.1 Å². The van der Waals surface area contributed by atoms with Crippen molar-refractivity contribution in [3.8, 4) is 0 Å². The van der Waals surface area contributed by atoms with Gasteiger partial charge in [0.05, 0.1) is 0 Å². The van der Waals surface area contributed by atoms with Crippen molar-refractivity contribution in [1.82, 2.24) is 14.8 Å². The van der Waals surface area contributed by atoms with Gasteiger partial charge in [0.2, 0.25) is 0 Å². The van der Waals surface area contributed by atoms with E-state index in [1.165, 1.54) is 5.56 Å². The molecule has 2 aliphatic rings. The standard InChI is InChI=1S/C20H23N3O2/c1-13-8-14(2)21-19(24)18(13)20(25)23-12-16-9-17(23)11-22(16)10-15-6-4-3-5-7-15/h3-8,16-17H,9-12H2,1-2H3,(H,21,24). The lowest BCUT2D eigenvalue weighted by atomic mass is 10.1. The van der Waals surface area contributed by atoms with E-state index in [1.807, 2.05) is 30.9 Å². The molecule has 3 heterocycles. The minimum Gasteiger partial charge on any atom is -0.333 e. The van der Waals surface area contributed by atoms with Gasteiger partial charge in [0, 0.05) is 37.4 Å². The number of pyridine rings is 1. The van der Waals surface area contributed by atoms with Crippen LogP contribution in [0.25, 0.3) is 0 Å². The van der Waals surface area contributed by atoms with E-state index in [0.717, 1.165) is 30.8 Å². The number of H-pyrrole nitrogens is 1. The lowest BCUT2D eigenvalue weighted by molar-refractivity contribution is 0.0613. The fraction of sp³-hybridized carbons (Fsp3) is 0.400. The number of hydrogen-bond donors (Lipinski definition) is 1. The Morgan fingerprint density at radius 1 is 1.16 bits per heavy atom. The summed E-state index contributed by atoms with van der Waals surface area (Å²) in [5, 5.41) is 0. The molecule has 5 nitrogen and oxygen atoms in total. The Kier molecular flexibility index (Phi) is 3.96. The summed E-state index contributed by atoms with van der Waals surface area (Å²) in [6, 6.07) is 12.9. The molecule has 4 rings (SSSR count). The first-order chi connectivity index (χ1) is 12.0. The number of carbonyl (C=O) groups excluding carboxylic acids is 1. The van der Waals surface area contributed by atoms with Crippen molar-refractivity contribution >= 4 is 5.91 Å². The van der Waals surface area contributed by atoms with E-state index >= 15 is 0 Å². The molecule has 0 radical (unpaired) electrons. The Bertz CT molecular complexity index is 859. The number of aromatic amines is 1. The van der Waals surface area contributed by atoms with Crippen LogP contribution in [0.4, 0.5) is 0 Å². The highest BCUT2D eigenvalue weighted by atomic mass is 16.2. The van der Waals surface area contributed by atoms with Gasteiger partial charge in [-0.3, -0.25) is 14.5 Å². The van der Waals surface area contributed by atoms with Gasteiger partial charge in [-0.2, -0.15) is 0 Å². The summed E-state index contributed by atoms with van der Waals surface area (Å²) in [5.74, 6) is -0.120. The van der Waals surface area contributed by atoms with E-state index in [1.54, 1.807) is 0 Å². The second-order valence-electron chi connectivity index (χ2n) is 7.26. The summed E-state index contributed by atoms with van der Waals surface area (Å²) in [4.78, 5) is 32.3. The van der Waals surface area contributed by atoms with Crippen LogP contribution in [0.5, 0.6) is 0 Å². The third kappa shape index (κ3) is 2.89. The van der Waals surface area contributed by atoms with Crippen LogP contribution in [0.2, 0.25) is 0 Å². The SMILES string of the molecule is Cc1cc(C)c(C(=O)N2CC3CC2CN3Cc2ccccc2)c(=O)[nH]1. The van der Waals surface area contributed by atoms with Gasteiger partial charge in [0.15, 0.2) is 0 Å². The topological polar surface area (TPSA) is 56.4 Å². The van der Waals surface area contributed by atoms with Gasteiger partial charge in [-0.1, -0.05) is 30.3 Å². The number of fused-ring (bicyclic) bond motifs is 2. The first-order valence-corrected chi connectivity index (χ1v) is 8.82. The first-order valence-electron chi connectivity index (χ1n) is 8.82. The highest BCUT2D eigenvalue weighted by Crippen LogP contribution is 2.32. The van der Waals surface area contributed by atoms with Gasteiger partial charge in [-0.05, 0) is 37.5 Å². The van der Waals surface area contributed by atoms with Gasteiger partial charge in [-0.15, -0.1) is 0 Å². The molecule has 1 N–H and O–H groups in total. The molecule has 2 atom stereocenters. The average molecular weight is 337 g/mol. The molecule has 2 aromatic rings. The number of hydrogen-bond acceptors (Lipinski definition) is 3. The van der Waals surface area contributed by atoms with Crippen LogP contribution < -0.4 is 5.56 Å². The molecule has 1 aromatic heterocycles. The van der Waals surface area contributed by atoms with E-state index in [4.69, 9.17) is 0 Å². The number of amides is 1. The van der Waals surface area contributed by atoms with Crippen LogP contribution >= 0.6 is 0 Å². The Balaban J connectivity index is 1.49. The quantitative estimate of drug-likeness (QED) is 0.933. The Morgan fingerprint density at radius 2 is 1.92 bits per heavy atom. The normalized spacial score (nSPS) is 22.6. The number of benzene rings is 1. The molecule has 1 aromatic carbocycles. The van der Waals surface area contributed by atoms with E-state index in [0.29, 0.717) is 18.2 Å². The largest absolute Gasteiger partial charge is 0.333 e. The Labute approximate surface area is 147 Å². The maximum absolute atomic E-state index is 12.9. The van der Waals surface area contributed by atoms with Gasteiger partial charge >= 0.3 is 0 Å². The molecule has 2 aliphatic heterocycles. The minimum atomic E-state index is -0.272. The number of piperazine rings is 1. The summed E-state index contributed by atoms with van der Waals surface area (Å²) in [6.45, 7) is 6.19. The van der Waals surface area contributed by atoms with Crippen LogP contribution in [0, 0.1) is 13.8 Å². The van der Waals surface area contributed by atoms with Crippen molar-refractivity contribution in [1.29, 1.82) is 0 Å². The molecule has 0 aliphatic carbocycles. The number of likely N-dealkylation sites (tertiary alicyclic amines) is 2. The molecule has 2 saturated heterocycles. The summed E-state index contributed by atoms with van der Waals surface area (Å²) < 4.78 is 0. The molecular formula is C20H23N3O2. The number of nitrogens with zero attached hydrogens (tertiary/aromatic N) is 2. The molecule has 0 saturated carbocycles. The maximum Gasteiger partial charge on any atom is 0.261 e. The van der Waals surface area contributed by atoms with E-state index in [2.05, 4.69) is 34.1 Å². The number of nitrogens with one attached hydrogen (secondary N) is 1. The average Bonchev–Trinajstić information content (AvgIpc) is 3.15. The van der Waals surface area contributed by atoms with Crippen molar-refractivity contribution in [2.45, 2.75) is 38.9 Å². The van der Waals surface area contributed by atoms with Gasteiger partial charge in [-0.25, -0.2) is 0 Å². The molecule has 2 fully saturated rings. The third-order valence-corrected chi connectivity index (χ3v) is 5.42. The van der Waals surface area contributed by atoms with Crippen LogP contribution in [-0.4, -0.2) is 45.9 Å². The van der Waals surface area contributed by atoms with Gasteiger partial charge in [0.1, 0.15) is 5.56 Å². The van der Waals surface area contributed by atoms with Crippen molar-refractivity contribution in [3.63, 3.8) is 0 Å². The molecule has 2 bridgehead atoms. The molecule has 130 valence electrons. The maximum atomic E-state index is 12.9. The molecule has 0 spiro atoms. The van der Waals surface area contributed by atoms with Crippen LogP contribution in [-0.2, 0) is 6.54 Å². The van der Waals surface area contributed by atoms with Crippen LogP contribution in [0.15, 0.2) is 41.2 Å². The van der Waals surface area contributed by atoms with E-state index < -0.39 is 0 Å². The fourth-order valence-corrected chi connectivity index (χ4v) is 4.27. The Hall–Kier alpha value is -2.40. The predicted octanol–water partition coefficient (Wildman–Crippen LogP) is 2.09. The smallest absolute Gasteiger partial charge is 0.261 e. The third-order valence-electron chi connectivity index (χ3n) is 5.42. The van der Waals surface area contributed by atoms with E-state index in [9.17, 15) is 9.59 Å². The van der Waals surface area contributed by atoms with Crippen molar-refractivity contribution in [2.24, 2.45) is 0 Å². The highest BCUT2D eigenvalue weighted by Gasteiger charge is 2.45. The van der Waals surface area contributed by atoms with Crippen molar-refractivity contribution in [3.05, 3.63) is 69.1 Å².